The highest BCUT2D eigenvalue weighted by Crippen LogP contribution is 2.48. The first kappa shape index (κ1) is 31.1. The van der Waals surface area contributed by atoms with Gasteiger partial charge in [-0.05, 0) is 69.3 Å². The normalized spacial score (nSPS) is 20.5. The molecule has 1 N–H and O–H groups in total. The molecule has 3 atom stereocenters. The number of amides is 1. The fourth-order valence-corrected chi connectivity index (χ4v) is 5.94. The van der Waals surface area contributed by atoms with Crippen molar-refractivity contribution in [1.82, 2.24) is 4.90 Å². The lowest BCUT2D eigenvalue weighted by Crippen LogP contribution is -2.60. The average Bonchev–Trinajstić information content (AvgIpc) is 2.94. The van der Waals surface area contributed by atoms with Gasteiger partial charge in [0.1, 0.15) is 11.4 Å². The molecule has 0 radical (unpaired) electrons. The van der Waals surface area contributed by atoms with Crippen molar-refractivity contribution in [3.63, 3.8) is 0 Å². The van der Waals surface area contributed by atoms with Gasteiger partial charge in [0, 0.05) is 25.2 Å². The second kappa shape index (κ2) is 11.7. The number of nitrogens with zero attached hydrogens (tertiary/aromatic N) is 3. The Bertz CT molecular complexity index is 1610. The molecule has 2 aliphatic heterocycles. The summed E-state index contributed by atoms with van der Waals surface area (Å²) in [4.78, 5) is 16.1. The summed E-state index contributed by atoms with van der Waals surface area (Å²) >= 11 is 0. The molecular formula is C30H30F3N3O7S. The second-order valence-electron chi connectivity index (χ2n) is 11.3. The highest BCUT2D eigenvalue weighted by Gasteiger charge is 2.44. The summed E-state index contributed by atoms with van der Waals surface area (Å²) < 4.78 is 82.8. The topological polar surface area (TPSA) is 118 Å². The minimum absolute atomic E-state index is 0.0243. The Morgan fingerprint density at radius 3 is 2.07 bits per heavy atom. The molecule has 1 amide bonds. The number of hydrogen-bond acceptors (Lipinski definition) is 8. The van der Waals surface area contributed by atoms with Crippen LogP contribution in [0.5, 0.6) is 17.2 Å². The maximum absolute atomic E-state index is 13.3. The van der Waals surface area contributed by atoms with E-state index in [4.69, 9.17) is 9.47 Å². The third-order valence-electron chi connectivity index (χ3n) is 6.87. The lowest BCUT2D eigenvalue weighted by Gasteiger charge is -2.47. The Labute approximate surface area is 252 Å². The van der Waals surface area contributed by atoms with Gasteiger partial charge in [0.2, 0.25) is 0 Å². The lowest BCUT2D eigenvalue weighted by molar-refractivity contribution is -0.274. The van der Waals surface area contributed by atoms with Crippen molar-refractivity contribution >= 4 is 33.7 Å². The summed E-state index contributed by atoms with van der Waals surface area (Å²) in [5.74, 6) is -0.520. The summed E-state index contributed by atoms with van der Waals surface area (Å²) in [6, 6.07) is 17.2. The molecule has 3 aromatic rings. The molecule has 1 saturated heterocycles. The van der Waals surface area contributed by atoms with Crippen LogP contribution in [0.1, 0.15) is 20.8 Å². The zero-order valence-corrected chi connectivity index (χ0v) is 24.7. The van der Waals surface area contributed by atoms with E-state index < -0.39 is 51.9 Å². The number of halogens is 3. The molecule has 1 unspecified atom stereocenters. The molecule has 0 bridgehead atoms. The molecule has 14 heteroatoms. The number of sulfonamides is 1. The molecule has 0 aliphatic carbocycles. The van der Waals surface area contributed by atoms with E-state index in [0.717, 1.165) is 30.5 Å². The predicted octanol–water partition coefficient (Wildman–Crippen LogP) is 5.89. The van der Waals surface area contributed by atoms with Gasteiger partial charge in [-0.1, -0.05) is 24.3 Å². The van der Waals surface area contributed by atoms with Crippen molar-refractivity contribution in [1.29, 1.82) is 0 Å². The van der Waals surface area contributed by atoms with Gasteiger partial charge in [-0.15, -0.1) is 13.2 Å². The molecule has 0 aromatic heterocycles. The van der Waals surface area contributed by atoms with Crippen molar-refractivity contribution in [2.24, 2.45) is 10.3 Å². The summed E-state index contributed by atoms with van der Waals surface area (Å²) in [6.07, 6.45) is -5.78. The number of ether oxygens (including phenoxy) is 3. The SMILES string of the molecule is CC(C)(C)OC(=O)N1CC(/C=N/S(=O)(=O)c2ccc(OC(F)(F)F)cc2)[C@H](O)[C@@H](N2c3ccccc3Oc3ccccc32)C1. The van der Waals surface area contributed by atoms with E-state index in [-0.39, 0.29) is 18.0 Å². The van der Waals surface area contributed by atoms with E-state index in [1.54, 1.807) is 57.2 Å². The molecular weight excluding hydrogens is 603 g/mol. The fourth-order valence-electron chi connectivity index (χ4n) is 5.02. The lowest BCUT2D eigenvalue weighted by atomic mass is 9.89. The second-order valence-corrected chi connectivity index (χ2v) is 12.9. The van der Waals surface area contributed by atoms with Gasteiger partial charge in [-0.25, -0.2) is 4.79 Å². The molecule has 234 valence electrons. The molecule has 1 fully saturated rings. The molecule has 0 saturated carbocycles. The van der Waals surface area contributed by atoms with Crippen LogP contribution in [0.2, 0.25) is 0 Å². The summed E-state index contributed by atoms with van der Waals surface area (Å²) in [5.41, 5.74) is 0.437. The van der Waals surface area contributed by atoms with Crippen LogP contribution in [-0.4, -0.2) is 67.9 Å². The van der Waals surface area contributed by atoms with Crippen LogP contribution >= 0.6 is 0 Å². The van der Waals surface area contributed by atoms with Crippen LogP contribution in [0.4, 0.5) is 29.3 Å². The van der Waals surface area contributed by atoms with E-state index in [9.17, 15) is 31.5 Å². The van der Waals surface area contributed by atoms with Gasteiger partial charge < -0.3 is 29.1 Å². The van der Waals surface area contributed by atoms with E-state index in [1.165, 1.54) is 4.90 Å². The van der Waals surface area contributed by atoms with E-state index in [2.05, 4.69) is 9.13 Å². The van der Waals surface area contributed by atoms with Crippen LogP contribution in [0, 0.1) is 5.92 Å². The average molecular weight is 634 g/mol. The van der Waals surface area contributed by atoms with E-state index >= 15 is 0 Å². The number of carbonyl (C=O) groups is 1. The molecule has 44 heavy (non-hydrogen) atoms. The molecule has 3 aromatic carbocycles. The van der Waals surface area contributed by atoms with Crippen LogP contribution in [0.3, 0.4) is 0 Å². The van der Waals surface area contributed by atoms with E-state index in [1.807, 2.05) is 17.0 Å². The van der Waals surface area contributed by atoms with Gasteiger partial charge in [0.15, 0.2) is 11.5 Å². The largest absolute Gasteiger partial charge is 0.573 e. The monoisotopic (exact) mass is 633 g/mol. The summed E-state index contributed by atoms with van der Waals surface area (Å²) in [6.45, 7) is 5.05. The first-order chi connectivity index (χ1) is 20.6. The van der Waals surface area contributed by atoms with E-state index in [0.29, 0.717) is 22.9 Å². The Kier molecular flexibility index (Phi) is 8.25. The van der Waals surface area contributed by atoms with Crippen molar-refractivity contribution in [2.45, 2.75) is 49.8 Å². The number of likely N-dealkylation sites (tertiary alicyclic amines) is 1. The molecule has 0 spiro atoms. The molecule has 5 rings (SSSR count). The summed E-state index contributed by atoms with van der Waals surface area (Å²) in [7, 11) is -4.40. The number of benzene rings is 3. The maximum Gasteiger partial charge on any atom is 0.573 e. The van der Waals surface area contributed by atoms with Crippen molar-refractivity contribution in [3.05, 3.63) is 72.8 Å². The first-order valence-electron chi connectivity index (χ1n) is 13.6. The van der Waals surface area contributed by atoms with Gasteiger partial charge >= 0.3 is 12.5 Å². The Morgan fingerprint density at radius 2 is 1.52 bits per heavy atom. The third-order valence-corrected chi connectivity index (χ3v) is 8.14. The number of aliphatic hydroxyl groups excluding tert-OH is 1. The summed E-state index contributed by atoms with van der Waals surface area (Å²) in [5, 5.41) is 11.7. The number of fused-ring (bicyclic) bond motifs is 2. The van der Waals surface area contributed by atoms with Gasteiger partial charge in [-0.3, -0.25) is 0 Å². The Hall–Kier alpha value is -4.30. The van der Waals surface area contributed by atoms with Crippen LogP contribution in [0.15, 0.2) is 82.1 Å². The number of rotatable bonds is 5. The number of aliphatic hydroxyl groups is 1. The highest BCUT2D eigenvalue weighted by molar-refractivity contribution is 7.90. The first-order valence-corrected chi connectivity index (χ1v) is 15.0. The fraction of sp³-hybridized carbons (Fsp3) is 0.333. The van der Waals surface area contributed by atoms with Crippen LogP contribution in [-0.2, 0) is 14.8 Å². The highest BCUT2D eigenvalue weighted by atomic mass is 32.2. The van der Waals surface area contributed by atoms with Crippen molar-refractivity contribution in [2.75, 3.05) is 18.0 Å². The molecule has 2 heterocycles. The number of piperidine rings is 1. The van der Waals surface area contributed by atoms with Crippen molar-refractivity contribution in [3.8, 4) is 17.2 Å². The number of carbonyl (C=O) groups excluding carboxylic acids is 1. The van der Waals surface area contributed by atoms with Crippen molar-refractivity contribution < 1.29 is 45.7 Å². The zero-order valence-electron chi connectivity index (χ0n) is 23.9. The van der Waals surface area contributed by atoms with Gasteiger partial charge in [-0.2, -0.15) is 12.8 Å². The Balaban J connectivity index is 1.49. The van der Waals surface area contributed by atoms with Gasteiger partial charge in [0.05, 0.1) is 28.4 Å². The third kappa shape index (κ3) is 6.91. The van der Waals surface area contributed by atoms with Gasteiger partial charge in [0.25, 0.3) is 10.0 Å². The smallest absolute Gasteiger partial charge is 0.453 e. The number of alkyl halides is 3. The van der Waals surface area contributed by atoms with Crippen LogP contribution < -0.4 is 14.4 Å². The minimum Gasteiger partial charge on any atom is -0.453 e. The quantitative estimate of drug-likeness (QED) is 0.346. The predicted molar refractivity (Wildman–Crippen MR) is 155 cm³/mol. The molecule has 10 nitrogen and oxygen atoms in total. The standard InChI is InChI=1S/C30H30F3N3O7S/c1-29(2,3)43-28(38)35-17-19(16-34-44(39,40)21-14-12-20(13-15-21)42-30(31,32)33)27(37)24(18-35)36-22-8-4-6-10-25(22)41-26-11-7-5-9-23(26)36/h4-16,19,24,27,37H,17-18H2,1-3H3/b34-16+/t19?,24-,27-/m0/s1. The maximum atomic E-state index is 13.3. The minimum atomic E-state index is -4.94. The number of para-hydroxylation sites is 4. The zero-order chi connectivity index (χ0) is 31.9. The molecule has 2 aliphatic rings. The van der Waals surface area contributed by atoms with Crippen LogP contribution in [0.25, 0.3) is 0 Å². The Morgan fingerprint density at radius 1 is 0.955 bits per heavy atom. The number of anilines is 2. The number of hydrogen-bond donors (Lipinski definition) is 1.